The molecule has 0 aliphatic carbocycles. The quantitative estimate of drug-likeness (QED) is 0.252. The van der Waals surface area contributed by atoms with E-state index < -0.39 is 0 Å². The SMILES string of the molecule is Cc1ccc(-n2c(=S)sc3c(=O)n(C)c(SCc4ccc(F)cc4)nc32)cc1. The zero-order valence-corrected chi connectivity index (χ0v) is 17.6. The normalized spacial score (nSPS) is 11.2. The topological polar surface area (TPSA) is 39.8 Å². The van der Waals surface area contributed by atoms with Crippen molar-refractivity contribution in [2.24, 2.45) is 7.05 Å². The molecular formula is C20H16FN3OS3. The molecule has 4 nitrogen and oxygen atoms in total. The average Bonchev–Trinajstić information content (AvgIpc) is 3.02. The highest BCUT2D eigenvalue weighted by molar-refractivity contribution is 7.98. The molecule has 8 heteroatoms. The minimum absolute atomic E-state index is 0.117. The van der Waals surface area contributed by atoms with Crippen LogP contribution in [0, 0.1) is 16.7 Å². The molecule has 0 amide bonds. The van der Waals surface area contributed by atoms with Crippen LogP contribution in [0.15, 0.2) is 58.5 Å². The Balaban J connectivity index is 1.79. The highest BCUT2D eigenvalue weighted by Crippen LogP contribution is 2.27. The second kappa shape index (κ2) is 7.62. The maximum absolute atomic E-state index is 13.1. The van der Waals surface area contributed by atoms with Gasteiger partial charge in [0.15, 0.2) is 14.8 Å². The predicted octanol–water partition coefficient (Wildman–Crippen LogP) is 5.26. The van der Waals surface area contributed by atoms with E-state index in [1.54, 1.807) is 23.7 Å². The molecule has 2 aromatic carbocycles. The average molecular weight is 430 g/mol. The first-order valence-corrected chi connectivity index (χ1v) is 10.7. The number of nitrogens with zero attached hydrogens (tertiary/aromatic N) is 3. The summed E-state index contributed by atoms with van der Waals surface area (Å²) in [6.07, 6.45) is 0. The summed E-state index contributed by atoms with van der Waals surface area (Å²) in [6.45, 7) is 2.02. The van der Waals surface area contributed by atoms with Gasteiger partial charge in [-0.3, -0.25) is 13.9 Å². The maximum atomic E-state index is 13.1. The Morgan fingerprint density at radius 1 is 1.14 bits per heavy atom. The van der Waals surface area contributed by atoms with Crippen LogP contribution >= 0.6 is 35.3 Å². The van der Waals surface area contributed by atoms with Crippen molar-refractivity contribution < 1.29 is 4.39 Å². The lowest BCUT2D eigenvalue weighted by Crippen LogP contribution is -2.19. The Bertz CT molecular complexity index is 1270. The van der Waals surface area contributed by atoms with E-state index in [1.165, 1.54) is 35.2 Å². The number of hydrogen-bond acceptors (Lipinski definition) is 5. The van der Waals surface area contributed by atoms with Crippen LogP contribution in [-0.2, 0) is 12.8 Å². The van der Waals surface area contributed by atoms with Crippen LogP contribution < -0.4 is 5.56 Å². The maximum Gasteiger partial charge on any atom is 0.273 e. The van der Waals surface area contributed by atoms with Crippen molar-refractivity contribution >= 4 is 45.7 Å². The van der Waals surface area contributed by atoms with E-state index >= 15 is 0 Å². The van der Waals surface area contributed by atoms with Gasteiger partial charge < -0.3 is 0 Å². The van der Waals surface area contributed by atoms with Gasteiger partial charge in [0.1, 0.15) is 10.5 Å². The Hall–Kier alpha value is -2.29. The molecule has 0 atom stereocenters. The molecule has 2 aromatic heterocycles. The van der Waals surface area contributed by atoms with Gasteiger partial charge in [-0.05, 0) is 49.0 Å². The Kier molecular flexibility index (Phi) is 5.18. The van der Waals surface area contributed by atoms with E-state index in [0.29, 0.717) is 25.2 Å². The molecule has 0 bridgehead atoms. The smallest absolute Gasteiger partial charge is 0.273 e. The van der Waals surface area contributed by atoms with Crippen molar-refractivity contribution in [3.8, 4) is 5.69 Å². The van der Waals surface area contributed by atoms with Gasteiger partial charge in [-0.25, -0.2) is 9.37 Å². The first-order valence-electron chi connectivity index (χ1n) is 8.51. The van der Waals surface area contributed by atoms with Gasteiger partial charge >= 0.3 is 0 Å². The van der Waals surface area contributed by atoms with Crippen LogP contribution in [0.5, 0.6) is 0 Å². The largest absolute Gasteiger partial charge is 0.289 e. The summed E-state index contributed by atoms with van der Waals surface area (Å²) >= 11 is 8.23. The lowest BCUT2D eigenvalue weighted by atomic mass is 10.2. The van der Waals surface area contributed by atoms with Crippen LogP contribution in [0.25, 0.3) is 16.0 Å². The van der Waals surface area contributed by atoms with E-state index in [2.05, 4.69) is 0 Å². The van der Waals surface area contributed by atoms with Crippen molar-refractivity contribution in [3.05, 3.63) is 79.8 Å². The third-order valence-electron chi connectivity index (χ3n) is 4.35. The van der Waals surface area contributed by atoms with Gasteiger partial charge in [-0.2, -0.15) is 0 Å². The monoisotopic (exact) mass is 429 g/mol. The fourth-order valence-corrected chi connectivity index (χ4v) is 5.06. The molecule has 28 heavy (non-hydrogen) atoms. The van der Waals surface area contributed by atoms with Crippen LogP contribution in [0.3, 0.4) is 0 Å². The zero-order chi connectivity index (χ0) is 19.8. The minimum atomic E-state index is -0.268. The molecular weight excluding hydrogens is 413 g/mol. The van der Waals surface area contributed by atoms with Gasteiger partial charge in [0.05, 0.1) is 0 Å². The number of aryl methyl sites for hydroxylation is 1. The van der Waals surface area contributed by atoms with Gasteiger partial charge in [0, 0.05) is 18.5 Å². The Morgan fingerprint density at radius 2 is 1.82 bits per heavy atom. The lowest BCUT2D eigenvalue weighted by molar-refractivity contribution is 0.627. The molecule has 0 fully saturated rings. The first-order chi connectivity index (χ1) is 13.4. The third kappa shape index (κ3) is 3.55. The molecule has 0 saturated carbocycles. The van der Waals surface area contributed by atoms with Crippen LogP contribution in [0.2, 0.25) is 0 Å². The molecule has 0 saturated heterocycles. The third-order valence-corrected chi connectivity index (χ3v) is 6.80. The number of thiazole rings is 1. The molecule has 142 valence electrons. The number of aromatic nitrogens is 3. The summed E-state index contributed by atoms with van der Waals surface area (Å²) in [5.41, 5.74) is 3.45. The molecule has 0 radical (unpaired) electrons. The van der Waals surface area contributed by atoms with Crippen LogP contribution in [0.1, 0.15) is 11.1 Å². The van der Waals surface area contributed by atoms with E-state index in [4.69, 9.17) is 17.2 Å². The summed E-state index contributed by atoms with van der Waals surface area (Å²) in [5, 5.41) is 0.593. The number of rotatable bonds is 4. The predicted molar refractivity (Wildman–Crippen MR) is 116 cm³/mol. The van der Waals surface area contributed by atoms with Crippen molar-refractivity contribution in [3.63, 3.8) is 0 Å². The van der Waals surface area contributed by atoms with E-state index in [-0.39, 0.29) is 11.4 Å². The number of benzene rings is 2. The Morgan fingerprint density at radius 3 is 2.50 bits per heavy atom. The molecule has 0 aliphatic heterocycles. The Labute approximate surface area is 174 Å². The minimum Gasteiger partial charge on any atom is -0.289 e. The second-order valence-corrected chi connectivity index (χ2v) is 8.95. The molecule has 0 spiro atoms. The van der Waals surface area contributed by atoms with Crippen molar-refractivity contribution in [2.75, 3.05) is 0 Å². The van der Waals surface area contributed by atoms with Crippen molar-refractivity contribution in [2.45, 2.75) is 17.8 Å². The summed E-state index contributed by atoms with van der Waals surface area (Å²) in [4.78, 5) is 17.6. The number of hydrogen-bond donors (Lipinski definition) is 0. The fraction of sp³-hybridized carbons (Fsp3) is 0.150. The van der Waals surface area contributed by atoms with Gasteiger partial charge in [-0.1, -0.05) is 52.9 Å². The zero-order valence-electron chi connectivity index (χ0n) is 15.2. The molecule has 2 heterocycles. The van der Waals surface area contributed by atoms with Crippen LogP contribution in [0.4, 0.5) is 4.39 Å². The highest BCUT2D eigenvalue weighted by Gasteiger charge is 2.16. The van der Waals surface area contributed by atoms with Gasteiger partial charge in [0.25, 0.3) is 5.56 Å². The number of thioether (sulfide) groups is 1. The summed E-state index contributed by atoms with van der Waals surface area (Å²) in [6, 6.07) is 14.3. The van der Waals surface area contributed by atoms with Crippen molar-refractivity contribution in [1.82, 2.24) is 14.1 Å². The van der Waals surface area contributed by atoms with Crippen molar-refractivity contribution in [1.29, 1.82) is 0 Å². The summed E-state index contributed by atoms with van der Waals surface area (Å²) < 4.78 is 17.6. The second-order valence-electron chi connectivity index (χ2n) is 6.37. The first kappa shape index (κ1) is 19.0. The van der Waals surface area contributed by atoms with E-state index in [1.807, 2.05) is 35.8 Å². The molecule has 4 rings (SSSR count). The summed E-state index contributed by atoms with van der Waals surface area (Å²) in [5.74, 6) is 0.317. The van der Waals surface area contributed by atoms with Gasteiger partial charge in [0.2, 0.25) is 0 Å². The van der Waals surface area contributed by atoms with Crippen LogP contribution in [-0.4, -0.2) is 14.1 Å². The standard InChI is InChI=1S/C20H16FN3OS3/c1-12-3-9-15(10-4-12)24-17-16(28-20(24)26)18(25)23(2)19(22-17)27-11-13-5-7-14(21)8-6-13/h3-10H,11H2,1-2H3. The van der Waals surface area contributed by atoms with Gasteiger partial charge in [-0.15, -0.1) is 0 Å². The highest BCUT2D eigenvalue weighted by atomic mass is 32.2. The lowest BCUT2D eigenvalue weighted by Gasteiger charge is -2.09. The van der Waals surface area contributed by atoms with E-state index in [9.17, 15) is 9.18 Å². The fourth-order valence-electron chi connectivity index (χ4n) is 2.79. The molecule has 0 unspecified atom stereocenters. The number of fused-ring (bicyclic) bond motifs is 1. The number of halogens is 1. The summed E-state index contributed by atoms with van der Waals surface area (Å²) in [7, 11) is 1.71. The molecule has 0 N–H and O–H groups in total. The van der Waals surface area contributed by atoms with E-state index in [0.717, 1.165) is 16.8 Å². The molecule has 4 aromatic rings. The molecule has 0 aliphatic rings.